The van der Waals surface area contributed by atoms with Gasteiger partial charge in [0.2, 0.25) is 21.8 Å². The number of nitrogens with zero attached hydrogens (tertiary/aromatic N) is 2. The molecular formula is C32H41N3O5S. The average Bonchev–Trinajstić information content (AvgIpc) is 2.94. The molecule has 0 heterocycles. The maximum absolute atomic E-state index is 13.8. The van der Waals surface area contributed by atoms with E-state index in [0.717, 1.165) is 27.3 Å². The first-order valence-electron chi connectivity index (χ1n) is 13.8. The van der Waals surface area contributed by atoms with Gasteiger partial charge in [0.25, 0.3) is 0 Å². The topological polar surface area (TPSA) is 96.0 Å². The van der Waals surface area contributed by atoms with Crippen molar-refractivity contribution in [2.45, 2.75) is 53.3 Å². The third kappa shape index (κ3) is 9.63. The number of hydrogen-bond donors (Lipinski definition) is 1. The number of hydrogen-bond acceptors (Lipinski definition) is 5. The van der Waals surface area contributed by atoms with Crippen molar-refractivity contribution in [3.05, 3.63) is 95.6 Å². The monoisotopic (exact) mass is 579 g/mol. The molecule has 0 aliphatic rings. The van der Waals surface area contributed by atoms with Crippen LogP contribution in [-0.4, -0.2) is 50.5 Å². The maximum Gasteiger partial charge on any atom is 0.244 e. The van der Waals surface area contributed by atoms with Crippen LogP contribution in [0, 0.1) is 12.8 Å². The zero-order valence-electron chi connectivity index (χ0n) is 24.5. The van der Waals surface area contributed by atoms with Crippen LogP contribution in [0.2, 0.25) is 0 Å². The number of amides is 2. The Morgan fingerprint density at radius 1 is 0.902 bits per heavy atom. The Balaban J connectivity index is 1.84. The molecule has 0 aliphatic heterocycles. The molecule has 9 heteroatoms. The number of sulfonamides is 1. The number of rotatable bonds is 14. The molecule has 3 rings (SSSR count). The van der Waals surface area contributed by atoms with E-state index in [1.807, 2.05) is 82.3 Å². The lowest BCUT2D eigenvalue weighted by molar-refractivity contribution is -0.140. The number of ether oxygens (including phenoxy) is 1. The molecule has 2 amide bonds. The highest BCUT2D eigenvalue weighted by Gasteiger charge is 2.31. The molecule has 0 aliphatic carbocycles. The van der Waals surface area contributed by atoms with Gasteiger partial charge in [-0.15, -0.1) is 0 Å². The molecule has 0 spiro atoms. The molecule has 0 saturated heterocycles. The van der Waals surface area contributed by atoms with Crippen molar-refractivity contribution in [1.82, 2.24) is 10.2 Å². The van der Waals surface area contributed by atoms with Crippen molar-refractivity contribution >= 4 is 27.5 Å². The second kappa shape index (κ2) is 14.7. The number of carbonyl (C=O) groups is 2. The van der Waals surface area contributed by atoms with Gasteiger partial charge in [-0.2, -0.15) is 0 Å². The van der Waals surface area contributed by atoms with Crippen LogP contribution in [0.5, 0.6) is 5.75 Å². The zero-order valence-corrected chi connectivity index (χ0v) is 25.4. The smallest absolute Gasteiger partial charge is 0.244 e. The van der Waals surface area contributed by atoms with Gasteiger partial charge < -0.3 is 15.0 Å². The minimum absolute atomic E-state index is 0.177. The molecule has 3 aromatic rings. The molecule has 0 radical (unpaired) electrons. The molecule has 0 unspecified atom stereocenters. The highest BCUT2D eigenvalue weighted by molar-refractivity contribution is 7.92. The van der Waals surface area contributed by atoms with E-state index in [1.165, 1.54) is 4.90 Å². The van der Waals surface area contributed by atoms with Crippen molar-refractivity contribution in [3.63, 3.8) is 0 Å². The van der Waals surface area contributed by atoms with E-state index in [4.69, 9.17) is 4.74 Å². The molecule has 0 fully saturated rings. The summed E-state index contributed by atoms with van der Waals surface area (Å²) in [5.74, 6) is 0.101. The van der Waals surface area contributed by atoms with Gasteiger partial charge in [0.05, 0.1) is 11.9 Å². The molecule has 41 heavy (non-hydrogen) atoms. The number of aryl methyl sites for hydroxylation is 1. The van der Waals surface area contributed by atoms with Gasteiger partial charge in [0.1, 0.15) is 24.9 Å². The quantitative estimate of drug-likeness (QED) is 0.293. The fourth-order valence-corrected chi connectivity index (χ4v) is 5.15. The predicted molar refractivity (Wildman–Crippen MR) is 163 cm³/mol. The lowest BCUT2D eigenvalue weighted by atomic mass is 10.1. The lowest BCUT2D eigenvalue weighted by Gasteiger charge is -2.33. The SMILES string of the molecule is CC[C@@H](C(=O)NCC(C)C)N(Cc1ccc(C)cc1)C(=O)CN(c1ccc(OCc2ccccc2)cc1)S(C)(=O)=O. The summed E-state index contributed by atoms with van der Waals surface area (Å²) in [5.41, 5.74) is 3.27. The number of nitrogens with one attached hydrogen (secondary N) is 1. The molecule has 1 atom stereocenters. The summed E-state index contributed by atoms with van der Waals surface area (Å²) in [6.07, 6.45) is 1.45. The van der Waals surface area contributed by atoms with Crippen LogP contribution >= 0.6 is 0 Å². The van der Waals surface area contributed by atoms with Crippen molar-refractivity contribution < 1.29 is 22.7 Å². The number of benzene rings is 3. The Hall–Kier alpha value is -3.85. The fraction of sp³-hybridized carbons (Fsp3) is 0.375. The van der Waals surface area contributed by atoms with Gasteiger partial charge in [-0.05, 0) is 54.7 Å². The van der Waals surface area contributed by atoms with Crippen LogP contribution in [0.25, 0.3) is 0 Å². The van der Waals surface area contributed by atoms with Gasteiger partial charge in [0, 0.05) is 13.1 Å². The van der Waals surface area contributed by atoms with Crippen molar-refractivity contribution in [2.24, 2.45) is 5.92 Å². The first-order chi connectivity index (χ1) is 19.5. The summed E-state index contributed by atoms with van der Waals surface area (Å²) in [6.45, 7) is 8.41. The standard InChI is InChI=1S/C32H41N3O5S/c1-6-30(32(37)33-20-24(2)3)34(21-26-14-12-25(4)13-15-26)31(36)22-35(41(5,38)39)28-16-18-29(19-17-28)40-23-27-10-8-7-9-11-27/h7-19,24,30H,6,20-23H2,1-5H3,(H,33,37)/t30-/m0/s1. The van der Waals surface area contributed by atoms with Crippen LogP contribution < -0.4 is 14.4 Å². The van der Waals surface area contributed by atoms with Gasteiger partial charge in [0.15, 0.2) is 0 Å². The normalized spacial score (nSPS) is 12.0. The third-order valence-electron chi connectivity index (χ3n) is 6.60. The van der Waals surface area contributed by atoms with Gasteiger partial charge in [-0.25, -0.2) is 8.42 Å². The minimum Gasteiger partial charge on any atom is -0.489 e. The zero-order chi connectivity index (χ0) is 30.0. The first-order valence-corrected chi connectivity index (χ1v) is 15.7. The number of anilines is 1. The van der Waals surface area contributed by atoms with E-state index < -0.39 is 28.5 Å². The molecule has 1 N–H and O–H groups in total. The van der Waals surface area contributed by atoms with Crippen molar-refractivity contribution in [1.29, 1.82) is 0 Å². The van der Waals surface area contributed by atoms with Crippen LogP contribution in [0.4, 0.5) is 5.69 Å². The Bertz CT molecular complexity index is 1380. The van der Waals surface area contributed by atoms with E-state index in [9.17, 15) is 18.0 Å². The predicted octanol–water partition coefficient (Wildman–Crippen LogP) is 4.92. The summed E-state index contributed by atoms with van der Waals surface area (Å²) in [7, 11) is -3.82. The van der Waals surface area contributed by atoms with Crippen LogP contribution in [-0.2, 0) is 32.8 Å². The van der Waals surface area contributed by atoms with E-state index in [0.29, 0.717) is 31.0 Å². The molecule has 0 saturated carbocycles. The molecule has 0 aromatic heterocycles. The van der Waals surface area contributed by atoms with E-state index >= 15 is 0 Å². The Morgan fingerprint density at radius 3 is 2.10 bits per heavy atom. The van der Waals surface area contributed by atoms with Crippen LogP contribution in [0.15, 0.2) is 78.9 Å². The largest absolute Gasteiger partial charge is 0.489 e. The number of carbonyl (C=O) groups excluding carboxylic acids is 2. The van der Waals surface area contributed by atoms with Crippen molar-refractivity contribution in [2.75, 3.05) is 23.7 Å². The fourth-order valence-electron chi connectivity index (χ4n) is 4.30. The first kappa shape index (κ1) is 31.7. The van der Waals surface area contributed by atoms with Crippen molar-refractivity contribution in [3.8, 4) is 5.75 Å². The highest BCUT2D eigenvalue weighted by atomic mass is 32.2. The highest BCUT2D eigenvalue weighted by Crippen LogP contribution is 2.23. The minimum atomic E-state index is -3.82. The second-order valence-electron chi connectivity index (χ2n) is 10.6. The van der Waals surface area contributed by atoms with E-state index in [2.05, 4.69) is 5.32 Å². The van der Waals surface area contributed by atoms with Gasteiger partial charge in [-0.1, -0.05) is 80.9 Å². The molecule has 3 aromatic carbocycles. The lowest BCUT2D eigenvalue weighted by Crippen LogP contribution is -2.52. The van der Waals surface area contributed by atoms with E-state index in [1.54, 1.807) is 24.3 Å². The summed E-state index contributed by atoms with van der Waals surface area (Å²) in [6, 6.07) is 23.3. The van der Waals surface area contributed by atoms with Crippen LogP contribution in [0.1, 0.15) is 43.9 Å². The summed E-state index contributed by atoms with van der Waals surface area (Å²) >= 11 is 0. The average molecular weight is 580 g/mol. The Labute approximate surface area is 244 Å². The summed E-state index contributed by atoms with van der Waals surface area (Å²) in [4.78, 5) is 28.5. The third-order valence-corrected chi connectivity index (χ3v) is 7.74. The summed E-state index contributed by atoms with van der Waals surface area (Å²) in [5, 5.41) is 2.93. The molecule has 0 bridgehead atoms. The molecule has 220 valence electrons. The molecule has 8 nitrogen and oxygen atoms in total. The Kier molecular flexibility index (Phi) is 11.3. The summed E-state index contributed by atoms with van der Waals surface area (Å²) < 4.78 is 32.7. The van der Waals surface area contributed by atoms with Gasteiger partial charge in [-0.3, -0.25) is 13.9 Å². The Morgan fingerprint density at radius 2 is 1.54 bits per heavy atom. The van der Waals surface area contributed by atoms with E-state index in [-0.39, 0.29) is 18.4 Å². The maximum atomic E-state index is 13.8. The second-order valence-corrected chi connectivity index (χ2v) is 12.5. The van der Waals surface area contributed by atoms with Crippen LogP contribution in [0.3, 0.4) is 0 Å². The molecular weight excluding hydrogens is 538 g/mol. The van der Waals surface area contributed by atoms with Gasteiger partial charge >= 0.3 is 0 Å².